The summed E-state index contributed by atoms with van der Waals surface area (Å²) in [5, 5.41) is 2.76. The molecule has 5 nitrogen and oxygen atoms in total. The van der Waals surface area contributed by atoms with E-state index in [1.165, 1.54) is 30.8 Å². The number of anilines is 1. The molecule has 2 saturated heterocycles. The lowest BCUT2D eigenvalue weighted by atomic mass is 10.2. The van der Waals surface area contributed by atoms with Crippen LogP contribution < -0.4 is 5.73 Å². The van der Waals surface area contributed by atoms with Crippen LogP contribution in [-0.2, 0) is 11.2 Å². The average molecular weight is 282 g/mol. The Balaban J connectivity index is 1.43. The number of nitrogens with zero attached hydrogens (tertiary/aromatic N) is 3. The summed E-state index contributed by atoms with van der Waals surface area (Å²) in [4.78, 5) is 9.46. The first-order chi connectivity index (χ1) is 9.31. The topological polar surface area (TPSA) is 54.6 Å². The zero-order chi connectivity index (χ0) is 13.1. The highest BCUT2D eigenvalue weighted by atomic mass is 32.1. The van der Waals surface area contributed by atoms with Gasteiger partial charge in [0.05, 0.1) is 18.9 Å². The van der Waals surface area contributed by atoms with Crippen molar-refractivity contribution in [1.82, 2.24) is 14.8 Å². The lowest BCUT2D eigenvalue weighted by molar-refractivity contribution is 0.0185. The Morgan fingerprint density at radius 2 is 2.21 bits per heavy atom. The molecule has 0 radical (unpaired) electrons. The van der Waals surface area contributed by atoms with Crippen LogP contribution in [0, 0.1) is 0 Å². The molecule has 1 unspecified atom stereocenters. The normalized spacial score (nSPS) is 26.0. The van der Waals surface area contributed by atoms with Gasteiger partial charge in [0.25, 0.3) is 0 Å². The fraction of sp³-hybridized carbons (Fsp3) is 0.769. The summed E-state index contributed by atoms with van der Waals surface area (Å²) in [6.07, 6.45) is 2.31. The number of morpholine rings is 1. The largest absolute Gasteiger partial charge is 0.379 e. The molecule has 1 atom stereocenters. The highest BCUT2D eigenvalue weighted by Crippen LogP contribution is 2.18. The monoisotopic (exact) mass is 282 g/mol. The van der Waals surface area contributed by atoms with Gasteiger partial charge in [0.1, 0.15) is 0 Å². The van der Waals surface area contributed by atoms with Gasteiger partial charge in [-0.3, -0.25) is 4.90 Å². The number of nitrogens with two attached hydrogens (primary N) is 1. The summed E-state index contributed by atoms with van der Waals surface area (Å²) in [5.41, 5.74) is 6.79. The third-order valence-electron chi connectivity index (χ3n) is 4.06. The van der Waals surface area contributed by atoms with Crippen LogP contribution >= 0.6 is 11.3 Å². The molecular weight excluding hydrogens is 260 g/mol. The number of nitrogen functional groups attached to an aromatic ring is 1. The van der Waals surface area contributed by atoms with Gasteiger partial charge in [0, 0.05) is 44.0 Å². The van der Waals surface area contributed by atoms with E-state index in [1.54, 1.807) is 0 Å². The Morgan fingerprint density at radius 3 is 2.95 bits per heavy atom. The quantitative estimate of drug-likeness (QED) is 0.880. The molecule has 106 valence electrons. The van der Waals surface area contributed by atoms with Crippen molar-refractivity contribution in [3.05, 3.63) is 11.1 Å². The van der Waals surface area contributed by atoms with Crippen molar-refractivity contribution in [2.75, 3.05) is 51.7 Å². The van der Waals surface area contributed by atoms with E-state index in [4.69, 9.17) is 10.5 Å². The molecule has 2 fully saturated rings. The maximum Gasteiger partial charge on any atom is 0.180 e. The van der Waals surface area contributed by atoms with Crippen molar-refractivity contribution in [3.8, 4) is 0 Å². The second-order valence-electron chi connectivity index (χ2n) is 5.32. The first-order valence-corrected chi connectivity index (χ1v) is 7.93. The van der Waals surface area contributed by atoms with Crippen LogP contribution in [0.1, 0.15) is 12.1 Å². The van der Waals surface area contributed by atoms with E-state index in [2.05, 4.69) is 20.2 Å². The molecule has 3 rings (SSSR count). The third kappa shape index (κ3) is 3.45. The molecule has 2 aliphatic rings. The predicted octanol–water partition coefficient (Wildman–Crippen LogP) is 0.674. The van der Waals surface area contributed by atoms with Crippen molar-refractivity contribution < 1.29 is 4.74 Å². The number of aromatic nitrogens is 1. The zero-order valence-electron chi connectivity index (χ0n) is 11.3. The minimum absolute atomic E-state index is 0.683. The lowest BCUT2D eigenvalue weighted by Gasteiger charge is -2.32. The lowest BCUT2D eigenvalue weighted by Crippen LogP contribution is -2.44. The molecular formula is C13H22N4OS. The number of ether oxygens (including phenoxy) is 1. The van der Waals surface area contributed by atoms with Gasteiger partial charge in [-0.2, -0.15) is 0 Å². The maximum absolute atomic E-state index is 5.66. The van der Waals surface area contributed by atoms with Crippen LogP contribution in [0.25, 0.3) is 0 Å². The predicted molar refractivity (Wildman–Crippen MR) is 77.5 cm³/mol. The Bertz CT molecular complexity index is 405. The van der Waals surface area contributed by atoms with Gasteiger partial charge in [-0.15, -0.1) is 11.3 Å². The number of rotatable bonds is 4. The number of hydrogen-bond acceptors (Lipinski definition) is 6. The van der Waals surface area contributed by atoms with Crippen LogP contribution in [0.5, 0.6) is 0 Å². The highest BCUT2D eigenvalue weighted by molar-refractivity contribution is 7.13. The van der Waals surface area contributed by atoms with Gasteiger partial charge < -0.3 is 15.4 Å². The van der Waals surface area contributed by atoms with Crippen LogP contribution in [0.3, 0.4) is 0 Å². The first kappa shape index (κ1) is 13.3. The Kier molecular flexibility index (Phi) is 4.32. The fourth-order valence-electron chi connectivity index (χ4n) is 2.97. The third-order valence-corrected chi connectivity index (χ3v) is 4.79. The first-order valence-electron chi connectivity index (χ1n) is 7.05. The molecule has 2 aliphatic heterocycles. The molecule has 0 spiro atoms. The van der Waals surface area contributed by atoms with E-state index in [0.717, 1.165) is 51.0 Å². The van der Waals surface area contributed by atoms with E-state index in [9.17, 15) is 0 Å². The number of thiazole rings is 1. The summed E-state index contributed by atoms with van der Waals surface area (Å²) >= 11 is 1.54. The van der Waals surface area contributed by atoms with Crippen molar-refractivity contribution >= 4 is 16.5 Å². The Labute approximate surface area is 118 Å². The standard InChI is InChI=1S/C13H22N4OS/c14-13-15-11(10-19-13)1-3-16-4-2-12(9-16)17-5-7-18-8-6-17/h10,12H,1-9H2,(H2,14,15). The Hall–Kier alpha value is -0.690. The van der Waals surface area contributed by atoms with Crippen LogP contribution in [-0.4, -0.2) is 66.8 Å². The van der Waals surface area contributed by atoms with E-state index >= 15 is 0 Å². The molecule has 1 aromatic rings. The van der Waals surface area contributed by atoms with Gasteiger partial charge in [0.15, 0.2) is 5.13 Å². The summed E-state index contributed by atoms with van der Waals surface area (Å²) in [6.45, 7) is 7.50. The van der Waals surface area contributed by atoms with Crippen LogP contribution in [0.4, 0.5) is 5.13 Å². The van der Waals surface area contributed by atoms with E-state index < -0.39 is 0 Å². The highest BCUT2D eigenvalue weighted by Gasteiger charge is 2.28. The SMILES string of the molecule is Nc1nc(CCN2CCC(N3CCOCC3)C2)cs1. The van der Waals surface area contributed by atoms with E-state index in [-0.39, 0.29) is 0 Å². The van der Waals surface area contributed by atoms with E-state index in [1.807, 2.05) is 0 Å². The van der Waals surface area contributed by atoms with Crippen molar-refractivity contribution in [1.29, 1.82) is 0 Å². The molecule has 0 bridgehead atoms. The molecule has 0 aliphatic carbocycles. The van der Waals surface area contributed by atoms with Crippen molar-refractivity contribution in [3.63, 3.8) is 0 Å². The van der Waals surface area contributed by atoms with Gasteiger partial charge in [-0.05, 0) is 13.0 Å². The number of likely N-dealkylation sites (tertiary alicyclic amines) is 1. The van der Waals surface area contributed by atoms with E-state index in [0.29, 0.717) is 5.13 Å². The molecule has 1 aromatic heterocycles. The molecule has 2 N–H and O–H groups in total. The molecule has 6 heteroatoms. The van der Waals surface area contributed by atoms with Gasteiger partial charge in [0.2, 0.25) is 0 Å². The molecule has 0 aromatic carbocycles. The zero-order valence-corrected chi connectivity index (χ0v) is 12.1. The Morgan fingerprint density at radius 1 is 1.37 bits per heavy atom. The molecule has 0 saturated carbocycles. The minimum Gasteiger partial charge on any atom is -0.379 e. The fourth-order valence-corrected chi connectivity index (χ4v) is 3.56. The summed E-state index contributed by atoms with van der Waals surface area (Å²) < 4.78 is 5.42. The number of hydrogen-bond donors (Lipinski definition) is 1. The second kappa shape index (κ2) is 6.17. The minimum atomic E-state index is 0.683. The smallest absolute Gasteiger partial charge is 0.180 e. The molecule has 19 heavy (non-hydrogen) atoms. The van der Waals surface area contributed by atoms with Crippen LogP contribution in [0.2, 0.25) is 0 Å². The van der Waals surface area contributed by atoms with Crippen molar-refractivity contribution in [2.24, 2.45) is 0 Å². The van der Waals surface area contributed by atoms with Crippen molar-refractivity contribution in [2.45, 2.75) is 18.9 Å². The van der Waals surface area contributed by atoms with Crippen LogP contribution in [0.15, 0.2) is 5.38 Å². The van der Waals surface area contributed by atoms with Gasteiger partial charge in [-0.1, -0.05) is 0 Å². The van der Waals surface area contributed by atoms with Gasteiger partial charge >= 0.3 is 0 Å². The summed E-state index contributed by atoms with van der Waals surface area (Å²) in [5.74, 6) is 0. The summed E-state index contributed by atoms with van der Waals surface area (Å²) in [7, 11) is 0. The molecule has 3 heterocycles. The second-order valence-corrected chi connectivity index (χ2v) is 6.21. The average Bonchev–Trinajstić information content (AvgIpc) is 3.06. The summed E-state index contributed by atoms with van der Waals surface area (Å²) in [6, 6.07) is 0.726. The van der Waals surface area contributed by atoms with Gasteiger partial charge in [-0.25, -0.2) is 4.98 Å². The maximum atomic E-state index is 5.66. The molecule has 0 amide bonds.